The van der Waals surface area contributed by atoms with E-state index in [1.807, 2.05) is 0 Å². The molecule has 0 aromatic carbocycles. The largest absolute Gasteiger partial charge is 0.478 e. The molecule has 2 aliphatic carbocycles. The summed E-state index contributed by atoms with van der Waals surface area (Å²) in [6.45, 7) is 0. The standard InChI is InChI=1S/C14H19ClN2O2/c15-13-11(14(18)19)12(9-5-1-2-6-9)16-17(13)10-7-3-4-8-10/h9-10H,1-8H2,(H,18,19). The number of carbonyl (C=O) groups is 1. The third-order valence-electron chi connectivity index (χ3n) is 4.51. The molecule has 0 aliphatic heterocycles. The first-order chi connectivity index (χ1) is 9.18. The van der Waals surface area contributed by atoms with Crippen LogP contribution >= 0.6 is 11.6 Å². The van der Waals surface area contributed by atoms with Crippen molar-refractivity contribution in [2.45, 2.75) is 63.3 Å². The van der Waals surface area contributed by atoms with E-state index >= 15 is 0 Å². The van der Waals surface area contributed by atoms with Gasteiger partial charge in [0.2, 0.25) is 0 Å². The van der Waals surface area contributed by atoms with Crippen LogP contribution in [0.15, 0.2) is 0 Å². The van der Waals surface area contributed by atoms with E-state index in [4.69, 9.17) is 11.6 Å². The van der Waals surface area contributed by atoms with Crippen molar-refractivity contribution in [2.24, 2.45) is 0 Å². The maximum Gasteiger partial charge on any atom is 0.340 e. The molecule has 0 radical (unpaired) electrons. The van der Waals surface area contributed by atoms with Gasteiger partial charge in [-0.05, 0) is 25.7 Å². The lowest BCUT2D eigenvalue weighted by molar-refractivity contribution is 0.0695. The summed E-state index contributed by atoms with van der Waals surface area (Å²) < 4.78 is 1.78. The molecular weight excluding hydrogens is 264 g/mol. The molecule has 2 saturated carbocycles. The number of carboxylic acid groups (broad SMARTS) is 1. The molecule has 19 heavy (non-hydrogen) atoms. The number of aromatic nitrogens is 2. The molecule has 1 aromatic heterocycles. The predicted molar refractivity (Wildman–Crippen MR) is 72.9 cm³/mol. The van der Waals surface area contributed by atoms with Crippen molar-refractivity contribution in [3.63, 3.8) is 0 Å². The van der Waals surface area contributed by atoms with Crippen molar-refractivity contribution in [2.75, 3.05) is 0 Å². The minimum absolute atomic E-state index is 0.250. The van der Waals surface area contributed by atoms with Gasteiger partial charge in [0.15, 0.2) is 0 Å². The Hall–Kier alpha value is -1.03. The van der Waals surface area contributed by atoms with Crippen molar-refractivity contribution in [1.29, 1.82) is 0 Å². The van der Waals surface area contributed by atoms with E-state index in [-0.39, 0.29) is 11.5 Å². The Labute approximate surface area is 117 Å². The summed E-state index contributed by atoms with van der Waals surface area (Å²) in [6, 6.07) is 0.292. The van der Waals surface area contributed by atoms with Gasteiger partial charge >= 0.3 is 5.97 Å². The van der Waals surface area contributed by atoms with Crippen LogP contribution in [0.3, 0.4) is 0 Å². The van der Waals surface area contributed by atoms with Gasteiger partial charge in [0.05, 0.1) is 11.7 Å². The van der Waals surface area contributed by atoms with Crippen LogP contribution in [0.2, 0.25) is 5.15 Å². The molecular formula is C14H19ClN2O2. The van der Waals surface area contributed by atoms with Crippen LogP contribution in [-0.2, 0) is 0 Å². The molecule has 104 valence electrons. The molecule has 2 aliphatic rings. The summed E-state index contributed by atoms with van der Waals surface area (Å²) in [5.41, 5.74) is 0.974. The highest BCUT2D eigenvalue weighted by Crippen LogP contribution is 2.40. The zero-order valence-electron chi connectivity index (χ0n) is 10.9. The molecule has 2 fully saturated rings. The molecule has 3 rings (SSSR count). The van der Waals surface area contributed by atoms with Crippen LogP contribution in [0.5, 0.6) is 0 Å². The molecule has 0 saturated heterocycles. The molecule has 0 spiro atoms. The van der Waals surface area contributed by atoms with Crippen LogP contribution in [0.1, 0.15) is 79.4 Å². The van der Waals surface area contributed by atoms with Crippen LogP contribution < -0.4 is 0 Å². The smallest absolute Gasteiger partial charge is 0.340 e. The Morgan fingerprint density at radius 1 is 1.16 bits per heavy atom. The minimum Gasteiger partial charge on any atom is -0.478 e. The van der Waals surface area contributed by atoms with E-state index in [0.717, 1.165) is 44.2 Å². The number of rotatable bonds is 3. The molecule has 0 amide bonds. The highest BCUT2D eigenvalue weighted by atomic mass is 35.5. The van der Waals surface area contributed by atoms with Gasteiger partial charge in [-0.3, -0.25) is 0 Å². The second kappa shape index (κ2) is 5.16. The number of halogens is 1. The Bertz CT molecular complexity index is 486. The number of carboxylic acids is 1. The second-order valence-electron chi connectivity index (χ2n) is 5.72. The number of hydrogen-bond donors (Lipinski definition) is 1. The van der Waals surface area contributed by atoms with Crippen molar-refractivity contribution in [3.05, 3.63) is 16.4 Å². The first kappa shape index (κ1) is 13.0. The monoisotopic (exact) mass is 282 g/mol. The Balaban J connectivity index is 2.01. The molecule has 4 nitrogen and oxygen atoms in total. The Morgan fingerprint density at radius 2 is 1.74 bits per heavy atom. The molecule has 0 unspecified atom stereocenters. The Kier molecular flexibility index (Phi) is 3.52. The van der Waals surface area contributed by atoms with Crippen molar-refractivity contribution >= 4 is 17.6 Å². The number of hydrogen-bond acceptors (Lipinski definition) is 2. The summed E-state index contributed by atoms with van der Waals surface area (Å²) in [7, 11) is 0. The zero-order valence-corrected chi connectivity index (χ0v) is 11.7. The van der Waals surface area contributed by atoms with Gasteiger partial charge < -0.3 is 5.11 Å². The maximum atomic E-state index is 11.5. The van der Waals surface area contributed by atoms with E-state index < -0.39 is 5.97 Å². The number of nitrogens with zero attached hydrogens (tertiary/aromatic N) is 2. The third-order valence-corrected chi connectivity index (χ3v) is 4.87. The van der Waals surface area contributed by atoms with Crippen molar-refractivity contribution in [3.8, 4) is 0 Å². The summed E-state index contributed by atoms with van der Waals surface area (Å²) in [4.78, 5) is 11.5. The molecule has 1 heterocycles. The molecule has 5 heteroatoms. The quantitative estimate of drug-likeness (QED) is 0.911. The van der Waals surface area contributed by atoms with E-state index in [9.17, 15) is 9.90 Å². The highest BCUT2D eigenvalue weighted by Gasteiger charge is 2.32. The molecule has 1 aromatic rings. The average molecular weight is 283 g/mol. The van der Waals surface area contributed by atoms with Crippen LogP contribution in [0, 0.1) is 0 Å². The van der Waals surface area contributed by atoms with Gasteiger partial charge in [0.25, 0.3) is 0 Å². The summed E-state index contributed by atoms with van der Waals surface area (Å²) >= 11 is 6.30. The van der Waals surface area contributed by atoms with Crippen LogP contribution in [0.25, 0.3) is 0 Å². The van der Waals surface area contributed by atoms with Crippen molar-refractivity contribution < 1.29 is 9.90 Å². The van der Waals surface area contributed by atoms with Gasteiger partial charge in [-0.25, -0.2) is 9.48 Å². The third kappa shape index (κ3) is 2.27. The first-order valence-electron chi connectivity index (χ1n) is 7.19. The van der Waals surface area contributed by atoms with Gasteiger partial charge in [-0.1, -0.05) is 37.3 Å². The topological polar surface area (TPSA) is 55.1 Å². The van der Waals surface area contributed by atoms with E-state index in [1.165, 1.54) is 12.8 Å². The fourth-order valence-electron chi connectivity index (χ4n) is 3.50. The van der Waals surface area contributed by atoms with Crippen molar-refractivity contribution in [1.82, 2.24) is 9.78 Å². The Morgan fingerprint density at radius 3 is 2.32 bits per heavy atom. The zero-order chi connectivity index (χ0) is 13.4. The predicted octanol–water partition coefficient (Wildman–Crippen LogP) is 4.01. The lowest BCUT2D eigenvalue weighted by Gasteiger charge is -2.11. The summed E-state index contributed by atoms with van der Waals surface area (Å²) in [6.07, 6.45) is 8.89. The fourth-order valence-corrected chi connectivity index (χ4v) is 3.86. The number of aromatic carboxylic acids is 1. The van der Waals surface area contributed by atoms with Crippen LogP contribution in [-0.4, -0.2) is 20.9 Å². The van der Waals surface area contributed by atoms with Gasteiger partial charge in [0.1, 0.15) is 10.7 Å². The maximum absolute atomic E-state index is 11.5. The lowest BCUT2D eigenvalue weighted by atomic mass is 10.0. The molecule has 0 atom stereocenters. The average Bonchev–Trinajstić information content (AvgIpc) is 3.08. The molecule has 1 N–H and O–H groups in total. The van der Waals surface area contributed by atoms with Gasteiger partial charge in [-0.15, -0.1) is 0 Å². The van der Waals surface area contributed by atoms with E-state index in [2.05, 4.69) is 5.10 Å². The molecule has 0 bridgehead atoms. The van der Waals surface area contributed by atoms with E-state index in [1.54, 1.807) is 4.68 Å². The van der Waals surface area contributed by atoms with E-state index in [0.29, 0.717) is 11.2 Å². The normalized spacial score (nSPS) is 21.3. The van der Waals surface area contributed by atoms with Crippen LogP contribution in [0.4, 0.5) is 0 Å². The fraction of sp³-hybridized carbons (Fsp3) is 0.714. The lowest BCUT2D eigenvalue weighted by Crippen LogP contribution is -2.07. The minimum atomic E-state index is -0.934. The first-order valence-corrected chi connectivity index (χ1v) is 7.57. The second-order valence-corrected chi connectivity index (χ2v) is 6.08. The summed E-state index contributed by atoms with van der Waals surface area (Å²) in [5, 5.41) is 14.4. The SMILES string of the molecule is O=C(O)c1c(C2CCCC2)nn(C2CCCC2)c1Cl. The van der Waals surface area contributed by atoms with Gasteiger partial charge in [0, 0.05) is 5.92 Å². The summed E-state index contributed by atoms with van der Waals surface area (Å²) in [5.74, 6) is -0.651. The van der Waals surface area contributed by atoms with Gasteiger partial charge in [-0.2, -0.15) is 5.10 Å². The highest BCUT2D eigenvalue weighted by molar-refractivity contribution is 6.32.